The number of carbonyl (C=O) groups excluding carboxylic acids is 2. The van der Waals surface area contributed by atoms with Crippen molar-refractivity contribution >= 4 is 43.3 Å². The van der Waals surface area contributed by atoms with Crippen LogP contribution in [0.25, 0.3) is 10.2 Å². The van der Waals surface area contributed by atoms with E-state index >= 15 is 0 Å². The van der Waals surface area contributed by atoms with Crippen molar-refractivity contribution in [2.75, 3.05) is 7.11 Å². The van der Waals surface area contributed by atoms with Crippen LogP contribution >= 0.6 is 11.3 Å². The Morgan fingerprint density at radius 1 is 1.16 bits per heavy atom. The molecule has 0 aliphatic rings. The number of methoxy groups -OCH3 is 1. The second-order valence-electron chi connectivity index (χ2n) is 7.20. The highest BCUT2D eigenvalue weighted by Crippen LogP contribution is 2.22. The van der Waals surface area contributed by atoms with Gasteiger partial charge in [-0.3, -0.25) is 9.59 Å². The van der Waals surface area contributed by atoms with E-state index in [2.05, 4.69) is 9.73 Å². The Hall–Kier alpha value is -2.92. The second kappa shape index (κ2) is 9.29. The standard InChI is InChI=1S/C21H20F2N2O5S2/c1-12(2)32(28,29)15-6-4-13(5-7-15)8-18(26)24-21-25(11-19(27)30-3)20-16(23)9-14(22)10-17(20)31-21/h4-7,9-10,12H,8,11H2,1-3H3. The van der Waals surface area contributed by atoms with Crippen molar-refractivity contribution in [3.8, 4) is 0 Å². The van der Waals surface area contributed by atoms with Crippen LogP contribution in [0.2, 0.25) is 0 Å². The summed E-state index contributed by atoms with van der Waals surface area (Å²) in [5.41, 5.74) is 0.468. The molecule has 11 heteroatoms. The molecule has 0 fully saturated rings. The summed E-state index contributed by atoms with van der Waals surface area (Å²) in [7, 11) is -2.27. The Labute approximate surface area is 186 Å². The van der Waals surface area contributed by atoms with E-state index in [1.807, 2.05) is 0 Å². The smallest absolute Gasteiger partial charge is 0.325 e. The summed E-state index contributed by atoms with van der Waals surface area (Å²) >= 11 is 0.861. The number of hydrogen-bond donors (Lipinski definition) is 0. The minimum Gasteiger partial charge on any atom is -0.468 e. The fourth-order valence-electron chi connectivity index (χ4n) is 2.94. The highest BCUT2D eigenvalue weighted by Gasteiger charge is 2.19. The highest BCUT2D eigenvalue weighted by atomic mass is 32.2. The number of amides is 1. The number of halogens is 2. The predicted octanol–water partition coefficient (Wildman–Crippen LogP) is 3.01. The Bertz CT molecular complexity index is 1360. The van der Waals surface area contributed by atoms with Crippen LogP contribution in [0, 0.1) is 11.6 Å². The fraction of sp³-hybridized carbons (Fsp3) is 0.286. The van der Waals surface area contributed by atoms with Gasteiger partial charge in [-0.1, -0.05) is 23.5 Å². The van der Waals surface area contributed by atoms with E-state index in [1.165, 1.54) is 31.4 Å². The van der Waals surface area contributed by atoms with Crippen molar-refractivity contribution in [1.29, 1.82) is 0 Å². The quantitative estimate of drug-likeness (QED) is 0.504. The lowest BCUT2D eigenvalue weighted by Crippen LogP contribution is -2.23. The SMILES string of the molecule is COC(=O)Cn1c(=NC(=O)Cc2ccc(S(=O)(=O)C(C)C)cc2)sc2cc(F)cc(F)c21. The van der Waals surface area contributed by atoms with E-state index in [4.69, 9.17) is 0 Å². The molecule has 32 heavy (non-hydrogen) atoms. The lowest BCUT2D eigenvalue weighted by molar-refractivity contribution is -0.141. The number of carbonyl (C=O) groups is 2. The van der Waals surface area contributed by atoms with E-state index in [0.717, 1.165) is 22.0 Å². The van der Waals surface area contributed by atoms with E-state index < -0.39 is 45.1 Å². The third-order valence-corrected chi connectivity index (χ3v) is 7.85. The van der Waals surface area contributed by atoms with Gasteiger partial charge < -0.3 is 9.30 Å². The first kappa shape index (κ1) is 23.7. The van der Waals surface area contributed by atoms with Gasteiger partial charge in [0, 0.05) is 6.07 Å². The van der Waals surface area contributed by atoms with Crippen LogP contribution in [0.15, 0.2) is 46.3 Å². The maximum Gasteiger partial charge on any atom is 0.325 e. The molecule has 0 unspecified atom stereocenters. The predicted molar refractivity (Wildman–Crippen MR) is 115 cm³/mol. The number of thiazole rings is 1. The average Bonchev–Trinajstić information content (AvgIpc) is 3.04. The van der Waals surface area contributed by atoms with Crippen LogP contribution < -0.4 is 4.80 Å². The summed E-state index contributed by atoms with van der Waals surface area (Å²) in [6.07, 6.45) is -0.148. The van der Waals surface area contributed by atoms with Gasteiger partial charge in [0.05, 0.1) is 33.9 Å². The van der Waals surface area contributed by atoms with Crippen molar-refractivity contribution in [3.05, 3.63) is 58.4 Å². The van der Waals surface area contributed by atoms with Crippen LogP contribution in [0.3, 0.4) is 0 Å². The monoisotopic (exact) mass is 482 g/mol. The summed E-state index contributed by atoms with van der Waals surface area (Å²) in [5.74, 6) is -2.98. The number of benzene rings is 2. The zero-order valence-electron chi connectivity index (χ0n) is 17.5. The molecular weight excluding hydrogens is 462 g/mol. The molecule has 0 aliphatic heterocycles. The molecule has 0 N–H and O–H groups in total. The number of fused-ring (bicyclic) bond motifs is 1. The molecule has 1 aromatic heterocycles. The van der Waals surface area contributed by atoms with Crippen molar-refractivity contribution in [1.82, 2.24) is 4.57 Å². The van der Waals surface area contributed by atoms with Gasteiger partial charge in [0.1, 0.15) is 12.4 Å². The van der Waals surface area contributed by atoms with Gasteiger partial charge in [-0.15, -0.1) is 0 Å². The van der Waals surface area contributed by atoms with Gasteiger partial charge >= 0.3 is 5.97 Å². The molecule has 0 atom stereocenters. The van der Waals surface area contributed by atoms with E-state index in [-0.39, 0.29) is 26.3 Å². The minimum atomic E-state index is -3.43. The molecule has 0 radical (unpaired) electrons. The zero-order valence-corrected chi connectivity index (χ0v) is 19.1. The van der Waals surface area contributed by atoms with Gasteiger partial charge in [0.15, 0.2) is 20.5 Å². The number of esters is 1. The van der Waals surface area contributed by atoms with Crippen molar-refractivity contribution in [2.24, 2.45) is 4.99 Å². The van der Waals surface area contributed by atoms with Gasteiger partial charge in [-0.05, 0) is 37.6 Å². The highest BCUT2D eigenvalue weighted by molar-refractivity contribution is 7.92. The minimum absolute atomic E-state index is 0.0129. The first-order chi connectivity index (χ1) is 15.0. The summed E-state index contributed by atoms with van der Waals surface area (Å²) < 4.78 is 58.4. The van der Waals surface area contributed by atoms with Crippen LogP contribution in [0.4, 0.5) is 8.78 Å². The summed E-state index contributed by atoms with van der Waals surface area (Å²) in [5, 5.41) is -0.576. The van der Waals surface area contributed by atoms with Crippen LogP contribution in [0.1, 0.15) is 19.4 Å². The third-order valence-electron chi connectivity index (χ3n) is 4.66. The largest absolute Gasteiger partial charge is 0.468 e. The van der Waals surface area contributed by atoms with Crippen molar-refractivity contribution in [3.63, 3.8) is 0 Å². The number of sulfone groups is 1. The average molecular weight is 483 g/mol. The first-order valence-electron chi connectivity index (χ1n) is 9.48. The molecule has 3 rings (SSSR count). The fourth-order valence-corrected chi connectivity index (χ4v) is 5.09. The lowest BCUT2D eigenvalue weighted by Gasteiger charge is -2.08. The molecule has 7 nitrogen and oxygen atoms in total. The normalized spacial score (nSPS) is 12.5. The number of ether oxygens (including phenoxy) is 1. The first-order valence-corrected chi connectivity index (χ1v) is 11.8. The van der Waals surface area contributed by atoms with Crippen molar-refractivity contribution in [2.45, 2.75) is 37.0 Å². The number of rotatable bonds is 6. The Balaban J connectivity index is 1.96. The van der Waals surface area contributed by atoms with Gasteiger partial charge in [0.25, 0.3) is 5.91 Å². The number of aromatic nitrogens is 1. The maximum atomic E-state index is 14.4. The Morgan fingerprint density at radius 2 is 1.81 bits per heavy atom. The molecule has 0 bridgehead atoms. The molecular formula is C21H20F2N2O5S2. The molecule has 1 amide bonds. The van der Waals surface area contributed by atoms with Crippen LogP contribution in [0.5, 0.6) is 0 Å². The van der Waals surface area contributed by atoms with E-state index in [1.54, 1.807) is 13.8 Å². The Morgan fingerprint density at radius 3 is 2.41 bits per heavy atom. The Kier molecular flexibility index (Phi) is 6.89. The van der Waals surface area contributed by atoms with Gasteiger partial charge in [-0.25, -0.2) is 17.2 Å². The number of hydrogen-bond acceptors (Lipinski definition) is 6. The lowest BCUT2D eigenvalue weighted by atomic mass is 10.1. The topological polar surface area (TPSA) is 94.8 Å². The van der Waals surface area contributed by atoms with Crippen molar-refractivity contribution < 1.29 is 31.5 Å². The molecule has 2 aromatic carbocycles. The second-order valence-corrected chi connectivity index (χ2v) is 10.7. The summed E-state index contributed by atoms with van der Waals surface area (Å²) in [4.78, 5) is 28.5. The third kappa shape index (κ3) is 4.94. The van der Waals surface area contributed by atoms with Crippen LogP contribution in [-0.2, 0) is 37.1 Å². The summed E-state index contributed by atoms with van der Waals surface area (Å²) in [6.45, 7) is 2.75. The number of nitrogens with zero attached hydrogens (tertiary/aromatic N) is 2. The molecule has 0 saturated carbocycles. The molecule has 170 valence electrons. The molecule has 1 heterocycles. The van der Waals surface area contributed by atoms with Gasteiger partial charge in [0.2, 0.25) is 0 Å². The zero-order chi connectivity index (χ0) is 23.6. The maximum absolute atomic E-state index is 14.4. The van der Waals surface area contributed by atoms with Crippen LogP contribution in [-0.4, -0.2) is 37.2 Å². The molecule has 3 aromatic rings. The molecule has 0 aliphatic carbocycles. The molecule has 0 saturated heterocycles. The summed E-state index contributed by atoms with van der Waals surface area (Å²) in [6, 6.07) is 7.66. The van der Waals surface area contributed by atoms with Gasteiger partial charge in [-0.2, -0.15) is 4.99 Å². The molecule has 0 spiro atoms. The van der Waals surface area contributed by atoms with E-state index in [9.17, 15) is 26.8 Å². The van der Waals surface area contributed by atoms with E-state index in [0.29, 0.717) is 11.6 Å².